The van der Waals surface area contributed by atoms with Gasteiger partial charge in [-0.15, -0.1) is 0 Å². The first-order valence-corrected chi connectivity index (χ1v) is 9.45. The van der Waals surface area contributed by atoms with Crippen LogP contribution < -0.4 is 18.9 Å². The normalized spacial score (nSPS) is 14.8. The molecule has 2 aromatic carbocycles. The van der Waals surface area contributed by atoms with Gasteiger partial charge in [0.25, 0.3) is 0 Å². The Kier molecular flexibility index (Phi) is 4.87. The number of ether oxygens (including phenoxy) is 3. The van der Waals surface area contributed by atoms with Crippen LogP contribution in [0.1, 0.15) is 24.1 Å². The summed E-state index contributed by atoms with van der Waals surface area (Å²) in [5.74, 6) is 1.96. The largest absolute Gasteiger partial charge is 0.496 e. The van der Waals surface area contributed by atoms with E-state index in [1.807, 2.05) is 13.0 Å². The second-order valence-corrected chi connectivity index (χ2v) is 7.59. The smallest absolute Gasteiger partial charge is 0.241 e. The molecule has 0 spiro atoms. The molecule has 0 fully saturated rings. The zero-order chi connectivity index (χ0) is 18.0. The van der Waals surface area contributed by atoms with Crippen LogP contribution in [0.2, 0.25) is 0 Å². The standard InChI is InChI=1S/C18H21NO5S/c1-12-10-15(5-7-16(12)22-3)25(20,21)19-13(2)14-4-6-17-18(11-14)24-9-8-23-17/h4-7,10-11,13,19H,8-9H2,1-3H3/t13-/m0/s1. The summed E-state index contributed by atoms with van der Waals surface area (Å²) in [7, 11) is -2.10. The zero-order valence-corrected chi connectivity index (χ0v) is 15.2. The fourth-order valence-corrected chi connectivity index (χ4v) is 4.03. The van der Waals surface area contributed by atoms with Crippen molar-refractivity contribution in [3.8, 4) is 17.2 Å². The van der Waals surface area contributed by atoms with Crippen LogP contribution in [-0.4, -0.2) is 28.7 Å². The Hall–Kier alpha value is -2.25. The Balaban J connectivity index is 1.81. The van der Waals surface area contributed by atoms with Crippen molar-refractivity contribution in [3.05, 3.63) is 47.5 Å². The molecule has 0 aromatic heterocycles. The molecule has 1 aliphatic heterocycles. The van der Waals surface area contributed by atoms with Gasteiger partial charge < -0.3 is 14.2 Å². The number of rotatable bonds is 5. The maximum Gasteiger partial charge on any atom is 0.241 e. The average molecular weight is 363 g/mol. The predicted molar refractivity (Wildman–Crippen MR) is 93.9 cm³/mol. The molecule has 7 heteroatoms. The molecule has 0 radical (unpaired) electrons. The van der Waals surface area contributed by atoms with Gasteiger partial charge in [0.1, 0.15) is 19.0 Å². The van der Waals surface area contributed by atoms with Crippen LogP contribution in [0, 0.1) is 6.92 Å². The summed E-state index contributed by atoms with van der Waals surface area (Å²) in [6, 6.07) is 9.80. The molecule has 6 nitrogen and oxygen atoms in total. The summed E-state index contributed by atoms with van der Waals surface area (Å²) in [6.07, 6.45) is 0. The number of hydrogen-bond donors (Lipinski definition) is 1. The molecule has 134 valence electrons. The van der Waals surface area contributed by atoms with Crippen molar-refractivity contribution >= 4 is 10.0 Å². The van der Waals surface area contributed by atoms with E-state index in [1.54, 1.807) is 38.3 Å². The third-order valence-electron chi connectivity index (χ3n) is 4.07. The van der Waals surface area contributed by atoms with Gasteiger partial charge in [0.2, 0.25) is 10.0 Å². The molecule has 25 heavy (non-hydrogen) atoms. The van der Waals surface area contributed by atoms with Gasteiger partial charge in [-0.05, 0) is 55.3 Å². The highest BCUT2D eigenvalue weighted by Crippen LogP contribution is 2.33. The molecule has 2 aromatic rings. The number of benzene rings is 2. The van der Waals surface area contributed by atoms with Gasteiger partial charge in [-0.3, -0.25) is 0 Å². The van der Waals surface area contributed by atoms with Gasteiger partial charge in [0.05, 0.1) is 12.0 Å². The van der Waals surface area contributed by atoms with Crippen LogP contribution in [0.4, 0.5) is 0 Å². The summed E-state index contributed by atoms with van der Waals surface area (Å²) in [6.45, 7) is 4.61. The first-order chi connectivity index (χ1) is 11.9. The van der Waals surface area contributed by atoms with Crippen molar-refractivity contribution < 1.29 is 22.6 Å². The van der Waals surface area contributed by atoms with Crippen LogP contribution in [0.3, 0.4) is 0 Å². The lowest BCUT2D eigenvalue weighted by atomic mass is 10.1. The minimum absolute atomic E-state index is 0.204. The lowest BCUT2D eigenvalue weighted by Gasteiger charge is -2.21. The molecule has 0 saturated heterocycles. The van der Waals surface area contributed by atoms with Crippen molar-refractivity contribution in [2.45, 2.75) is 24.8 Å². The zero-order valence-electron chi connectivity index (χ0n) is 14.4. The number of sulfonamides is 1. The second-order valence-electron chi connectivity index (χ2n) is 5.88. The van der Waals surface area contributed by atoms with E-state index in [-0.39, 0.29) is 4.90 Å². The summed E-state index contributed by atoms with van der Waals surface area (Å²) in [5, 5.41) is 0. The van der Waals surface area contributed by atoms with Crippen molar-refractivity contribution in [2.24, 2.45) is 0 Å². The monoisotopic (exact) mass is 363 g/mol. The molecule has 0 aliphatic carbocycles. The number of nitrogens with one attached hydrogen (secondary N) is 1. The second kappa shape index (κ2) is 6.93. The van der Waals surface area contributed by atoms with E-state index in [9.17, 15) is 8.42 Å². The van der Waals surface area contributed by atoms with E-state index in [2.05, 4.69) is 4.72 Å². The van der Waals surface area contributed by atoms with Gasteiger partial charge in [0, 0.05) is 6.04 Å². The quantitative estimate of drug-likeness (QED) is 0.884. The van der Waals surface area contributed by atoms with E-state index in [1.165, 1.54) is 6.07 Å². The molecule has 1 aliphatic rings. The molecule has 0 saturated carbocycles. The first kappa shape index (κ1) is 17.6. The molecular weight excluding hydrogens is 342 g/mol. The first-order valence-electron chi connectivity index (χ1n) is 7.97. The van der Waals surface area contributed by atoms with Crippen molar-refractivity contribution in [2.75, 3.05) is 20.3 Å². The maximum absolute atomic E-state index is 12.6. The molecule has 0 bridgehead atoms. The van der Waals surface area contributed by atoms with E-state index < -0.39 is 16.1 Å². The topological polar surface area (TPSA) is 73.9 Å². The lowest BCUT2D eigenvalue weighted by molar-refractivity contribution is 0.171. The molecule has 1 N–H and O–H groups in total. The van der Waals surface area contributed by atoms with Crippen molar-refractivity contribution in [3.63, 3.8) is 0 Å². The Morgan fingerprint density at radius 1 is 1.08 bits per heavy atom. The number of methoxy groups -OCH3 is 1. The lowest BCUT2D eigenvalue weighted by Crippen LogP contribution is -2.27. The van der Waals surface area contributed by atoms with E-state index in [4.69, 9.17) is 14.2 Å². The average Bonchev–Trinajstić information content (AvgIpc) is 2.60. The minimum atomic E-state index is -3.65. The third-order valence-corrected chi connectivity index (χ3v) is 5.61. The van der Waals surface area contributed by atoms with Gasteiger partial charge in [-0.25, -0.2) is 13.1 Å². The Labute approximate surface area is 147 Å². The van der Waals surface area contributed by atoms with Crippen LogP contribution in [0.25, 0.3) is 0 Å². The van der Waals surface area contributed by atoms with E-state index in [0.29, 0.717) is 30.5 Å². The number of aryl methyl sites for hydroxylation is 1. The fraction of sp³-hybridized carbons (Fsp3) is 0.333. The van der Waals surface area contributed by atoms with Crippen LogP contribution in [0.15, 0.2) is 41.3 Å². The third kappa shape index (κ3) is 3.72. The van der Waals surface area contributed by atoms with Crippen LogP contribution in [-0.2, 0) is 10.0 Å². The SMILES string of the molecule is COc1ccc(S(=O)(=O)N[C@@H](C)c2ccc3c(c2)OCCO3)cc1C. The number of hydrogen-bond acceptors (Lipinski definition) is 5. The summed E-state index contributed by atoms with van der Waals surface area (Å²) in [4.78, 5) is 0.204. The van der Waals surface area contributed by atoms with E-state index >= 15 is 0 Å². The van der Waals surface area contributed by atoms with Gasteiger partial charge in [-0.1, -0.05) is 6.07 Å². The predicted octanol–water partition coefficient (Wildman–Crippen LogP) is 2.81. The van der Waals surface area contributed by atoms with Gasteiger partial charge >= 0.3 is 0 Å². The summed E-state index contributed by atoms with van der Waals surface area (Å²) >= 11 is 0. The molecule has 1 atom stereocenters. The number of fused-ring (bicyclic) bond motifs is 1. The van der Waals surface area contributed by atoms with Crippen molar-refractivity contribution in [1.29, 1.82) is 0 Å². The Morgan fingerprint density at radius 3 is 2.48 bits per heavy atom. The van der Waals surface area contributed by atoms with Crippen LogP contribution >= 0.6 is 0 Å². The van der Waals surface area contributed by atoms with Crippen LogP contribution in [0.5, 0.6) is 17.2 Å². The highest BCUT2D eigenvalue weighted by Gasteiger charge is 2.21. The molecule has 1 heterocycles. The summed E-state index contributed by atoms with van der Waals surface area (Å²) in [5.41, 5.74) is 1.57. The minimum Gasteiger partial charge on any atom is -0.496 e. The Morgan fingerprint density at radius 2 is 1.80 bits per heavy atom. The molecule has 0 unspecified atom stereocenters. The summed E-state index contributed by atoms with van der Waals surface area (Å²) < 4.78 is 44.2. The highest BCUT2D eigenvalue weighted by molar-refractivity contribution is 7.89. The fourth-order valence-electron chi connectivity index (χ4n) is 2.72. The molecule has 3 rings (SSSR count). The molecule has 0 amide bonds. The Bertz CT molecular complexity index is 879. The van der Waals surface area contributed by atoms with Gasteiger partial charge in [-0.2, -0.15) is 0 Å². The van der Waals surface area contributed by atoms with E-state index in [0.717, 1.165) is 11.1 Å². The van der Waals surface area contributed by atoms with Gasteiger partial charge in [0.15, 0.2) is 11.5 Å². The highest BCUT2D eigenvalue weighted by atomic mass is 32.2. The molecular formula is C18H21NO5S. The van der Waals surface area contributed by atoms with Crippen molar-refractivity contribution in [1.82, 2.24) is 4.72 Å². The maximum atomic E-state index is 12.6.